The second-order valence-electron chi connectivity index (χ2n) is 3.63. The monoisotopic (exact) mass is 234 g/mol. The number of esters is 1. The Morgan fingerprint density at radius 3 is 2.88 bits per heavy atom. The van der Waals surface area contributed by atoms with E-state index in [4.69, 9.17) is 4.74 Å². The molecule has 0 aliphatic heterocycles. The van der Waals surface area contributed by atoms with E-state index >= 15 is 0 Å². The van der Waals surface area contributed by atoms with Crippen molar-refractivity contribution in [1.29, 1.82) is 0 Å². The highest BCUT2D eigenvalue weighted by Crippen LogP contribution is 2.18. The molecule has 0 bridgehead atoms. The molecular formula is C14H18O3. The number of rotatable bonds is 7. The van der Waals surface area contributed by atoms with E-state index in [-0.39, 0.29) is 5.97 Å². The molecule has 0 atom stereocenters. The standard InChI is InChI=1S/C14H18O3/c1-3-7-12-8-4-5-9-13(12)17-11-6-10-14(15)16-2/h3-5,8-9H,1,6-7,10-11H2,2H3. The summed E-state index contributed by atoms with van der Waals surface area (Å²) in [6.45, 7) is 4.23. The van der Waals surface area contributed by atoms with Gasteiger partial charge in [0.05, 0.1) is 13.7 Å². The van der Waals surface area contributed by atoms with Gasteiger partial charge in [-0.15, -0.1) is 6.58 Å². The zero-order chi connectivity index (χ0) is 12.5. The number of carbonyl (C=O) groups is 1. The first-order chi connectivity index (χ1) is 8.27. The Hall–Kier alpha value is -1.77. The normalized spacial score (nSPS) is 9.71. The molecule has 0 aromatic heterocycles. The summed E-state index contributed by atoms with van der Waals surface area (Å²) in [5, 5.41) is 0. The first-order valence-electron chi connectivity index (χ1n) is 5.66. The van der Waals surface area contributed by atoms with Crippen molar-refractivity contribution in [3.05, 3.63) is 42.5 Å². The molecule has 3 heteroatoms. The van der Waals surface area contributed by atoms with Gasteiger partial charge >= 0.3 is 5.97 Å². The lowest BCUT2D eigenvalue weighted by Crippen LogP contribution is -2.05. The topological polar surface area (TPSA) is 35.5 Å². The van der Waals surface area contributed by atoms with Gasteiger partial charge in [0.15, 0.2) is 0 Å². The van der Waals surface area contributed by atoms with Gasteiger partial charge in [0.1, 0.15) is 5.75 Å². The van der Waals surface area contributed by atoms with Crippen LogP contribution in [0.15, 0.2) is 36.9 Å². The Kier molecular flexibility index (Phi) is 5.86. The van der Waals surface area contributed by atoms with Crippen LogP contribution in [0.5, 0.6) is 5.75 Å². The van der Waals surface area contributed by atoms with Crippen molar-refractivity contribution in [3.8, 4) is 5.75 Å². The van der Waals surface area contributed by atoms with E-state index in [2.05, 4.69) is 11.3 Å². The summed E-state index contributed by atoms with van der Waals surface area (Å²) in [5.41, 5.74) is 1.11. The van der Waals surface area contributed by atoms with Crippen LogP contribution in [0.3, 0.4) is 0 Å². The van der Waals surface area contributed by atoms with E-state index < -0.39 is 0 Å². The molecule has 0 aliphatic rings. The van der Waals surface area contributed by atoms with Crippen molar-refractivity contribution in [2.45, 2.75) is 19.3 Å². The highest BCUT2D eigenvalue weighted by atomic mass is 16.5. The van der Waals surface area contributed by atoms with Crippen LogP contribution in [0.25, 0.3) is 0 Å². The largest absolute Gasteiger partial charge is 0.493 e. The van der Waals surface area contributed by atoms with Crippen molar-refractivity contribution in [2.24, 2.45) is 0 Å². The fourth-order valence-electron chi connectivity index (χ4n) is 1.47. The van der Waals surface area contributed by atoms with Crippen LogP contribution in [-0.2, 0) is 16.0 Å². The molecule has 0 heterocycles. The van der Waals surface area contributed by atoms with Gasteiger partial charge in [-0.3, -0.25) is 4.79 Å². The molecule has 0 fully saturated rings. The molecular weight excluding hydrogens is 216 g/mol. The van der Waals surface area contributed by atoms with Gasteiger partial charge in [-0.1, -0.05) is 24.3 Å². The van der Waals surface area contributed by atoms with Crippen LogP contribution in [0.1, 0.15) is 18.4 Å². The van der Waals surface area contributed by atoms with Crippen LogP contribution >= 0.6 is 0 Å². The third kappa shape index (κ3) is 4.72. The number of hydrogen-bond acceptors (Lipinski definition) is 3. The summed E-state index contributed by atoms with van der Waals surface area (Å²) < 4.78 is 10.2. The van der Waals surface area contributed by atoms with Gasteiger partial charge in [0.25, 0.3) is 0 Å². The highest BCUT2D eigenvalue weighted by molar-refractivity contribution is 5.69. The minimum absolute atomic E-state index is 0.201. The average Bonchev–Trinajstić information content (AvgIpc) is 2.36. The second kappa shape index (κ2) is 7.49. The molecule has 1 rings (SSSR count). The lowest BCUT2D eigenvalue weighted by Gasteiger charge is -2.09. The minimum atomic E-state index is -0.201. The second-order valence-corrected chi connectivity index (χ2v) is 3.63. The number of methoxy groups -OCH3 is 1. The third-order valence-electron chi connectivity index (χ3n) is 2.35. The van der Waals surface area contributed by atoms with Gasteiger partial charge in [0.2, 0.25) is 0 Å². The summed E-state index contributed by atoms with van der Waals surface area (Å²) in [6.07, 6.45) is 3.68. The Bertz CT molecular complexity index is 371. The summed E-state index contributed by atoms with van der Waals surface area (Å²) in [7, 11) is 1.39. The van der Waals surface area contributed by atoms with Crippen molar-refractivity contribution >= 4 is 5.97 Å². The van der Waals surface area contributed by atoms with E-state index in [1.165, 1.54) is 7.11 Å². The molecule has 0 saturated heterocycles. The molecule has 1 aromatic carbocycles. The van der Waals surface area contributed by atoms with Crippen LogP contribution in [0, 0.1) is 0 Å². The van der Waals surface area contributed by atoms with Crippen LogP contribution in [0.4, 0.5) is 0 Å². The maximum Gasteiger partial charge on any atom is 0.305 e. The predicted molar refractivity (Wildman–Crippen MR) is 67.1 cm³/mol. The highest BCUT2D eigenvalue weighted by Gasteiger charge is 2.03. The predicted octanol–water partition coefficient (Wildman–Crippen LogP) is 2.75. The van der Waals surface area contributed by atoms with Crippen LogP contribution < -0.4 is 4.74 Å². The summed E-state index contributed by atoms with van der Waals surface area (Å²) in [6, 6.07) is 7.84. The molecule has 3 nitrogen and oxygen atoms in total. The lowest BCUT2D eigenvalue weighted by molar-refractivity contribution is -0.140. The number of allylic oxidation sites excluding steroid dienone is 1. The fourth-order valence-corrected chi connectivity index (χ4v) is 1.47. The van der Waals surface area contributed by atoms with E-state index in [0.29, 0.717) is 19.4 Å². The molecule has 92 valence electrons. The zero-order valence-corrected chi connectivity index (χ0v) is 10.1. The lowest BCUT2D eigenvalue weighted by atomic mass is 10.1. The quantitative estimate of drug-likeness (QED) is 0.413. The smallest absolute Gasteiger partial charge is 0.305 e. The number of para-hydroxylation sites is 1. The van der Waals surface area contributed by atoms with Gasteiger partial charge < -0.3 is 9.47 Å². The van der Waals surface area contributed by atoms with Gasteiger partial charge in [0, 0.05) is 6.42 Å². The van der Waals surface area contributed by atoms with E-state index in [1.807, 2.05) is 30.3 Å². The Morgan fingerprint density at radius 2 is 2.18 bits per heavy atom. The molecule has 0 unspecified atom stereocenters. The summed E-state index contributed by atoms with van der Waals surface area (Å²) in [5.74, 6) is 0.658. The van der Waals surface area contributed by atoms with Crippen LogP contribution in [0.2, 0.25) is 0 Å². The number of hydrogen-bond donors (Lipinski definition) is 0. The fraction of sp³-hybridized carbons (Fsp3) is 0.357. The first-order valence-corrected chi connectivity index (χ1v) is 5.66. The van der Waals surface area contributed by atoms with Gasteiger partial charge in [-0.2, -0.15) is 0 Å². The van der Waals surface area contributed by atoms with Gasteiger partial charge in [-0.05, 0) is 24.5 Å². The number of benzene rings is 1. The maximum absolute atomic E-state index is 10.9. The van der Waals surface area contributed by atoms with E-state index in [9.17, 15) is 4.79 Å². The number of ether oxygens (including phenoxy) is 2. The molecule has 0 N–H and O–H groups in total. The molecule has 17 heavy (non-hydrogen) atoms. The Morgan fingerprint density at radius 1 is 1.41 bits per heavy atom. The molecule has 0 spiro atoms. The maximum atomic E-state index is 10.9. The van der Waals surface area contributed by atoms with Crippen molar-refractivity contribution in [1.82, 2.24) is 0 Å². The van der Waals surface area contributed by atoms with Crippen LogP contribution in [-0.4, -0.2) is 19.7 Å². The van der Waals surface area contributed by atoms with Crippen molar-refractivity contribution in [3.63, 3.8) is 0 Å². The summed E-state index contributed by atoms with van der Waals surface area (Å²) in [4.78, 5) is 10.9. The van der Waals surface area contributed by atoms with E-state index in [0.717, 1.165) is 17.7 Å². The Labute approximate surface area is 102 Å². The number of carbonyl (C=O) groups excluding carboxylic acids is 1. The van der Waals surface area contributed by atoms with Crippen molar-refractivity contribution in [2.75, 3.05) is 13.7 Å². The van der Waals surface area contributed by atoms with Gasteiger partial charge in [-0.25, -0.2) is 0 Å². The van der Waals surface area contributed by atoms with Crippen molar-refractivity contribution < 1.29 is 14.3 Å². The molecule has 0 radical (unpaired) electrons. The molecule has 0 aliphatic carbocycles. The zero-order valence-electron chi connectivity index (χ0n) is 10.1. The SMILES string of the molecule is C=CCc1ccccc1OCCCC(=O)OC. The summed E-state index contributed by atoms with van der Waals surface area (Å²) >= 11 is 0. The molecule has 0 saturated carbocycles. The first kappa shape index (κ1) is 13.3. The average molecular weight is 234 g/mol. The minimum Gasteiger partial charge on any atom is -0.493 e. The molecule has 1 aromatic rings. The Balaban J connectivity index is 2.40. The molecule has 0 amide bonds. The van der Waals surface area contributed by atoms with E-state index in [1.54, 1.807) is 0 Å². The third-order valence-corrected chi connectivity index (χ3v) is 2.35.